The molecule has 2 aromatic rings. The van der Waals surface area contributed by atoms with Crippen LogP contribution in [0.15, 0.2) is 35.7 Å². The smallest absolute Gasteiger partial charge is 0.134 e. The lowest BCUT2D eigenvalue weighted by Crippen LogP contribution is -2.17. The van der Waals surface area contributed by atoms with Crippen molar-refractivity contribution < 1.29 is 9.47 Å². The monoisotopic (exact) mass is 263 g/mol. The van der Waals surface area contributed by atoms with E-state index in [1.54, 1.807) is 25.6 Å². The SMILES string of the molecule is CNC(c1cccc(OC)c1)c1sccc1OC. The van der Waals surface area contributed by atoms with Crippen molar-refractivity contribution in [1.82, 2.24) is 5.32 Å². The highest BCUT2D eigenvalue weighted by atomic mass is 32.1. The van der Waals surface area contributed by atoms with E-state index in [9.17, 15) is 0 Å². The second-order valence-electron chi connectivity index (χ2n) is 3.85. The number of rotatable bonds is 5. The highest BCUT2D eigenvalue weighted by molar-refractivity contribution is 7.10. The summed E-state index contributed by atoms with van der Waals surface area (Å²) < 4.78 is 10.7. The van der Waals surface area contributed by atoms with Gasteiger partial charge in [0.25, 0.3) is 0 Å². The molecular weight excluding hydrogens is 246 g/mol. The minimum Gasteiger partial charge on any atom is -0.497 e. The van der Waals surface area contributed by atoms with Crippen LogP contribution < -0.4 is 14.8 Å². The van der Waals surface area contributed by atoms with Crippen LogP contribution in [0.2, 0.25) is 0 Å². The highest BCUT2D eigenvalue weighted by Crippen LogP contribution is 2.35. The lowest BCUT2D eigenvalue weighted by molar-refractivity contribution is 0.407. The summed E-state index contributed by atoms with van der Waals surface area (Å²) in [6.45, 7) is 0. The largest absolute Gasteiger partial charge is 0.497 e. The number of hydrogen-bond donors (Lipinski definition) is 1. The molecule has 18 heavy (non-hydrogen) atoms. The average Bonchev–Trinajstić information content (AvgIpc) is 2.88. The summed E-state index contributed by atoms with van der Waals surface area (Å²) >= 11 is 1.69. The summed E-state index contributed by atoms with van der Waals surface area (Å²) in [4.78, 5) is 1.17. The van der Waals surface area contributed by atoms with Crippen LogP contribution in [0.1, 0.15) is 16.5 Å². The minimum absolute atomic E-state index is 0.120. The third-order valence-electron chi connectivity index (χ3n) is 2.86. The molecule has 1 aromatic carbocycles. The van der Waals surface area contributed by atoms with Gasteiger partial charge in [0.2, 0.25) is 0 Å². The maximum absolute atomic E-state index is 5.39. The molecule has 0 saturated carbocycles. The molecule has 0 spiro atoms. The fraction of sp³-hybridized carbons (Fsp3) is 0.286. The first-order valence-corrected chi connectivity index (χ1v) is 6.60. The minimum atomic E-state index is 0.120. The van der Waals surface area contributed by atoms with Gasteiger partial charge in [-0.3, -0.25) is 0 Å². The Morgan fingerprint density at radius 1 is 1.17 bits per heavy atom. The molecule has 0 aliphatic rings. The van der Waals surface area contributed by atoms with Crippen LogP contribution in [0.5, 0.6) is 11.5 Å². The van der Waals surface area contributed by atoms with E-state index < -0.39 is 0 Å². The molecule has 2 rings (SSSR count). The molecule has 1 unspecified atom stereocenters. The maximum atomic E-state index is 5.39. The van der Waals surface area contributed by atoms with Gasteiger partial charge in [0, 0.05) is 0 Å². The molecule has 0 aliphatic heterocycles. The Balaban J connectivity index is 2.38. The average molecular weight is 263 g/mol. The summed E-state index contributed by atoms with van der Waals surface area (Å²) in [7, 11) is 5.33. The van der Waals surface area contributed by atoms with Gasteiger partial charge in [-0.1, -0.05) is 12.1 Å². The molecule has 0 fully saturated rings. The molecule has 96 valence electrons. The Kier molecular flexibility index (Phi) is 4.23. The summed E-state index contributed by atoms with van der Waals surface area (Å²) in [6, 6.07) is 10.2. The number of thiophene rings is 1. The molecular formula is C14H17NO2S. The fourth-order valence-corrected chi connectivity index (χ4v) is 2.95. The van der Waals surface area contributed by atoms with Crippen LogP contribution >= 0.6 is 11.3 Å². The number of methoxy groups -OCH3 is 2. The molecule has 0 saturated heterocycles. The third-order valence-corrected chi connectivity index (χ3v) is 3.82. The van der Waals surface area contributed by atoms with Crippen LogP contribution in [-0.4, -0.2) is 21.3 Å². The van der Waals surface area contributed by atoms with Gasteiger partial charge in [0.15, 0.2) is 0 Å². The molecule has 1 N–H and O–H groups in total. The Hall–Kier alpha value is -1.52. The normalized spacial score (nSPS) is 12.2. The standard InChI is InChI=1S/C14H17NO2S/c1-15-13(14-12(17-3)7-8-18-14)10-5-4-6-11(9-10)16-2/h4-9,13,15H,1-3H3. The van der Waals surface area contributed by atoms with E-state index in [-0.39, 0.29) is 6.04 Å². The molecule has 0 amide bonds. The summed E-state index contributed by atoms with van der Waals surface area (Å²) in [5, 5.41) is 5.36. The lowest BCUT2D eigenvalue weighted by atomic mass is 10.0. The molecule has 0 radical (unpaired) electrons. The van der Waals surface area contributed by atoms with Crippen LogP contribution in [0.3, 0.4) is 0 Å². The quantitative estimate of drug-likeness (QED) is 0.899. The van der Waals surface area contributed by atoms with Crippen molar-refractivity contribution in [2.75, 3.05) is 21.3 Å². The van der Waals surface area contributed by atoms with Gasteiger partial charge >= 0.3 is 0 Å². The van der Waals surface area contributed by atoms with Crippen molar-refractivity contribution in [1.29, 1.82) is 0 Å². The van der Waals surface area contributed by atoms with E-state index >= 15 is 0 Å². The molecule has 3 nitrogen and oxygen atoms in total. The fourth-order valence-electron chi connectivity index (χ4n) is 1.96. The van der Waals surface area contributed by atoms with Crippen molar-refractivity contribution in [2.24, 2.45) is 0 Å². The first-order valence-electron chi connectivity index (χ1n) is 5.72. The van der Waals surface area contributed by atoms with E-state index in [0.29, 0.717) is 0 Å². The first-order chi connectivity index (χ1) is 8.80. The van der Waals surface area contributed by atoms with Gasteiger partial charge in [-0.2, -0.15) is 0 Å². The van der Waals surface area contributed by atoms with Crippen molar-refractivity contribution >= 4 is 11.3 Å². The van der Waals surface area contributed by atoms with Crippen molar-refractivity contribution in [3.8, 4) is 11.5 Å². The summed E-state index contributed by atoms with van der Waals surface area (Å²) in [5.74, 6) is 1.78. The Labute approximate surface area is 111 Å². The lowest BCUT2D eigenvalue weighted by Gasteiger charge is -2.17. The van der Waals surface area contributed by atoms with Crippen LogP contribution in [0.4, 0.5) is 0 Å². The highest BCUT2D eigenvalue weighted by Gasteiger charge is 2.18. The number of nitrogens with one attached hydrogen (secondary N) is 1. The van der Waals surface area contributed by atoms with Gasteiger partial charge in [0.05, 0.1) is 25.1 Å². The Bertz CT molecular complexity index is 510. The van der Waals surface area contributed by atoms with E-state index in [0.717, 1.165) is 17.1 Å². The Morgan fingerprint density at radius 3 is 2.67 bits per heavy atom. The van der Waals surface area contributed by atoms with Gasteiger partial charge < -0.3 is 14.8 Å². The topological polar surface area (TPSA) is 30.5 Å². The molecule has 1 heterocycles. The van der Waals surface area contributed by atoms with E-state index in [1.807, 2.05) is 36.7 Å². The van der Waals surface area contributed by atoms with E-state index in [2.05, 4.69) is 11.4 Å². The predicted molar refractivity (Wildman–Crippen MR) is 74.8 cm³/mol. The van der Waals surface area contributed by atoms with Crippen LogP contribution in [0, 0.1) is 0 Å². The second kappa shape index (κ2) is 5.89. The van der Waals surface area contributed by atoms with Crippen molar-refractivity contribution in [3.05, 3.63) is 46.2 Å². The molecule has 1 aromatic heterocycles. The Morgan fingerprint density at radius 2 is 2.00 bits per heavy atom. The first kappa shape index (κ1) is 12.9. The van der Waals surface area contributed by atoms with Crippen molar-refractivity contribution in [2.45, 2.75) is 6.04 Å². The van der Waals surface area contributed by atoms with E-state index in [4.69, 9.17) is 9.47 Å². The van der Waals surface area contributed by atoms with Gasteiger partial charge in [-0.15, -0.1) is 11.3 Å². The zero-order valence-electron chi connectivity index (χ0n) is 10.8. The molecule has 4 heteroatoms. The van der Waals surface area contributed by atoms with Gasteiger partial charge in [0.1, 0.15) is 11.5 Å². The number of benzene rings is 1. The molecule has 0 bridgehead atoms. The molecule has 0 aliphatic carbocycles. The summed E-state index contributed by atoms with van der Waals surface area (Å²) in [6.07, 6.45) is 0. The van der Waals surface area contributed by atoms with Gasteiger partial charge in [-0.05, 0) is 36.2 Å². The molecule has 1 atom stereocenters. The zero-order valence-corrected chi connectivity index (χ0v) is 11.6. The van der Waals surface area contributed by atoms with Crippen LogP contribution in [0.25, 0.3) is 0 Å². The van der Waals surface area contributed by atoms with Crippen LogP contribution in [-0.2, 0) is 0 Å². The number of hydrogen-bond acceptors (Lipinski definition) is 4. The van der Waals surface area contributed by atoms with Gasteiger partial charge in [-0.25, -0.2) is 0 Å². The third kappa shape index (κ3) is 2.49. The predicted octanol–water partition coefficient (Wildman–Crippen LogP) is 3.07. The second-order valence-corrected chi connectivity index (χ2v) is 4.80. The maximum Gasteiger partial charge on any atom is 0.134 e. The van der Waals surface area contributed by atoms with Crippen molar-refractivity contribution in [3.63, 3.8) is 0 Å². The number of ether oxygens (including phenoxy) is 2. The van der Waals surface area contributed by atoms with E-state index in [1.165, 1.54) is 4.88 Å². The zero-order chi connectivity index (χ0) is 13.0. The summed E-state index contributed by atoms with van der Waals surface area (Å²) in [5.41, 5.74) is 1.16.